The van der Waals surface area contributed by atoms with E-state index >= 15 is 0 Å². The zero-order valence-corrected chi connectivity index (χ0v) is 7.64. The van der Waals surface area contributed by atoms with Crippen molar-refractivity contribution < 1.29 is 48.7 Å². The van der Waals surface area contributed by atoms with Crippen LogP contribution in [0.3, 0.4) is 0 Å². The van der Waals surface area contributed by atoms with E-state index in [1.807, 2.05) is 0 Å². The van der Waals surface area contributed by atoms with Crippen molar-refractivity contribution in [2.75, 3.05) is 0 Å². The molecule has 0 aromatic carbocycles. The van der Waals surface area contributed by atoms with Gasteiger partial charge in [0.05, 0.1) is 0 Å². The minimum Gasteiger partial charge on any atom is -1.00 e. The van der Waals surface area contributed by atoms with Crippen molar-refractivity contribution in [1.29, 1.82) is 0 Å². The van der Waals surface area contributed by atoms with Gasteiger partial charge in [-0.25, -0.2) is 9.00 Å². The van der Waals surface area contributed by atoms with Crippen LogP contribution in [0.15, 0.2) is 12.7 Å². The molecule has 0 saturated carbocycles. The van der Waals surface area contributed by atoms with E-state index in [1.165, 1.54) is 0 Å². The van der Waals surface area contributed by atoms with E-state index in [1.54, 1.807) is 0 Å². The smallest absolute Gasteiger partial charge is 1.00 e. The Morgan fingerprint density at radius 1 is 1.89 bits per heavy atom. The molecule has 4 nitrogen and oxygen atoms in total. The monoisotopic (exact) mass is 159 g/mol. The maximum Gasteiger partial charge on any atom is 1.00 e. The molecule has 0 bridgehead atoms. The van der Waals surface area contributed by atoms with E-state index in [0.717, 1.165) is 6.08 Å². The second-order valence-electron chi connectivity index (χ2n) is 0.811. The summed E-state index contributed by atoms with van der Waals surface area (Å²) in [6, 6.07) is 0. The maximum atomic E-state index is 9.89. The molecule has 1 atom stereocenters. The van der Waals surface area contributed by atoms with Gasteiger partial charge in [0.2, 0.25) is 0 Å². The van der Waals surface area contributed by atoms with Crippen molar-refractivity contribution in [2.24, 2.45) is 0 Å². The van der Waals surface area contributed by atoms with Crippen molar-refractivity contribution in [2.45, 2.75) is 0 Å². The quantitative estimate of drug-likeness (QED) is 0.239. The van der Waals surface area contributed by atoms with Gasteiger partial charge >= 0.3 is 35.5 Å². The second kappa shape index (κ2) is 6.44. The fourth-order valence-electron chi connectivity index (χ4n) is 0.101. The van der Waals surface area contributed by atoms with E-state index in [2.05, 4.69) is 10.8 Å². The summed E-state index contributed by atoms with van der Waals surface area (Å²) in [5, 5.41) is 0. The molecule has 9 heavy (non-hydrogen) atoms. The average molecular weight is 159 g/mol. The third kappa shape index (κ3) is 8.32. The largest absolute Gasteiger partial charge is 1.00 e. The minimum atomic E-state index is -2.77. The van der Waals surface area contributed by atoms with E-state index in [4.69, 9.17) is 0 Å². The van der Waals surface area contributed by atoms with Gasteiger partial charge in [-0.2, -0.15) is 0 Å². The van der Waals surface area contributed by atoms with Crippen molar-refractivity contribution in [1.82, 2.24) is 0 Å². The third-order valence-corrected chi connectivity index (χ3v) is 0.617. The third-order valence-electron chi connectivity index (χ3n) is 0.317. The molecule has 0 aliphatic heterocycles. The van der Waals surface area contributed by atoms with Crippen LogP contribution in [0.1, 0.15) is 1.43 Å². The summed E-state index contributed by atoms with van der Waals surface area (Å²) in [6.07, 6.45) is 0.760. The molecule has 0 aliphatic rings. The van der Waals surface area contributed by atoms with Crippen molar-refractivity contribution in [3.63, 3.8) is 0 Å². The minimum absolute atomic E-state index is 0. The topological polar surface area (TPSA) is 66.4 Å². The molecule has 6 heteroatoms. The van der Waals surface area contributed by atoms with Gasteiger partial charge in [-0.15, -0.1) is 0 Å². The Hall–Kier alpha value is 0.320. The number of carbonyl (C=O) groups excluding carboxylic acids is 1. The van der Waals surface area contributed by atoms with E-state index in [-0.39, 0.29) is 31.0 Å². The first kappa shape index (κ1) is 12.0. The van der Waals surface area contributed by atoms with Crippen LogP contribution < -0.4 is 29.6 Å². The van der Waals surface area contributed by atoms with Crippen LogP contribution in [0.25, 0.3) is 0 Å². The predicted octanol–water partition coefficient (Wildman–Crippen LogP) is -3.37. The molecule has 0 N–H and O–H groups in total. The van der Waals surface area contributed by atoms with Crippen LogP contribution in [-0.2, 0) is 20.3 Å². The molecule has 0 radical (unpaired) electrons. The predicted molar refractivity (Wildman–Crippen MR) is 26.3 cm³/mol. The second-order valence-corrected chi connectivity index (χ2v) is 1.39. The number of hydrogen-bond donors (Lipinski definition) is 0. The molecule has 48 valence electrons. The average Bonchev–Trinajstić information content (AvgIpc) is 1.65. The Labute approximate surface area is 78.5 Å². The molecule has 0 rings (SSSR count). The molecule has 0 fully saturated rings. The summed E-state index contributed by atoms with van der Waals surface area (Å²) in [7, 11) is 0. The zero-order valence-electron chi connectivity index (χ0n) is 5.83. The Balaban J connectivity index is -0.000000245. The SMILES string of the molecule is C=CC(=O)OS(=O)[O-].[H-].[Na+]. The van der Waals surface area contributed by atoms with E-state index in [0.29, 0.717) is 0 Å². The van der Waals surface area contributed by atoms with Crippen LogP contribution in [0.2, 0.25) is 0 Å². The summed E-state index contributed by atoms with van der Waals surface area (Å²) < 4.78 is 22.5. The van der Waals surface area contributed by atoms with Crippen molar-refractivity contribution in [3.8, 4) is 0 Å². The number of carbonyl (C=O) groups is 1. The van der Waals surface area contributed by atoms with Gasteiger partial charge in [-0.1, -0.05) is 6.58 Å². The zero-order chi connectivity index (χ0) is 6.57. The van der Waals surface area contributed by atoms with Gasteiger partial charge in [-0.3, -0.25) is 0 Å². The Kier molecular flexibility index (Phi) is 8.62. The molecular formula is C3H4NaO4S-. The Morgan fingerprint density at radius 3 is 2.44 bits per heavy atom. The first-order valence-electron chi connectivity index (χ1n) is 1.61. The number of rotatable bonds is 2. The van der Waals surface area contributed by atoms with Crippen molar-refractivity contribution in [3.05, 3.63) is 12.7 Å². The van der Waals surface area contributed by atoms with Crippen molar-refractivity contribution >= 4 is 17.3 Å². The van der Waals surface area contributed by atoms with Crippen LogP contribution in [0.4, 0.5) is 0 Å². The van der Waals surface area contributed by atoms with Gasteiger partial charge in [-0.05, 0) is 0 Å². The number of hydrogen-bond acceptors (Lipinski definition) is 4. The molecule has 0 amide bonds. The van der Waals surface area contributed by atoms with Gasteiger partial charge in [0.15, 0.2) is 0 Å². The summed E-state index contributed by atoms with van der Waals surface area (Å²) in [6.45, 7) is 2.97. The van der Waals surface area contributed by atoms with Gasteiger partial charge in [0.1, 0.15) is 11.4 Å². The fourth-order valence-corrected chi connectivity index (χ4v) is 0.303. The van der Waals surface area contributed by atoms with Gasteiger partial charge in [0, 0.05) is 6.08 Å². The van der Waals surface area contributed by atoms with Gasteiger partial charge in [0.25, 0.3) is 0 Å². The molecule has 0 heterocycles. The van der Waals surface area contributed by atoms with E-state index in [9.17, 15) is 13.6 Å². The van der Waals surface area contributed by atoms with Crippen LogP contribution >= 0.6 is 0 Å². The standard InChI is InChI=1S/C3H4O4S.Na.H/c1-2-3(4)7-8(5)6;;/h2H,1H2,(H,5,6);;/q;+1;-1/p-1. The Bertz CT molecular complexity index is 138. The summed E-state index contributed by atoms with van der Waals surface area (Å²) >= 11 is -2.77. The fraction of sp³-hybridized carbons (Fsp3) is 0. The summed E-state index contributed by atoms with van der Waals surface area (Å²) in [4.78, 5) is 9.89. The molecular weight excluding hydrogens is 155 g/mol. The first-order valence-corrected chi connectivity index (χ1v) is 2.61. The molecule has 1 unspecified atom stereocenters. The summed E-state index contributed by atoms with van der Waals surface area (Å²) in [5.41, 5.74) is 0. The maximum absolute atomic E-state index is 9.89. The van der Waals surface area contributed by atoms with E-state index < -0.39 is 17.3 Å². The molecule has 0 aliphatic carbocycles. The van der Waals surface area contributed by atoms with Crippen LogP contribution in [0.5, 0.6) is 0 Å². The molecule has 0 aromatic rings. The van der Waals surface area contributed by atoms with Gasteiger partial charge < -0.3 is 10.2 Å². The molecule has 0 saturated heterocycles. The summed E-state index contributed by atoms with van der Waals surface area (Å²) in [5.74, 6) is -0.974. The molecule has 0 aromatic heterocycles. The first-order chi connectivity index (χ1) is 3.66. The van der Waals surface area contributed by atoms with Crippen LogP contribution in [-0.4, -0.2) is 14.7 Å². The molecule has 0 spiro atoms. The normalized spacial score (nSPS) is 10.8. The van der Waals surface area contributed by atoms with Crippen LogP contribution in [0, 0.1) is 0 Å². The Morgan fingerprint density at radius 2 is 2.33 bits per heavy atom.